The standard InChI is InChI=1S/C24H31N3O4/c1-2-30-20-12-18(13-21(14-20)31-15-16-6-4-3-5-7-16)22(24(28)29)27-19-10-8-17(9-11-19)23(25)26/h8-14,16,22,27H,2-7,15H2,1H3,(H3,25,26)(H,28,29)/t22-/m1/s1. The summed E-state index contributed by atoms with van der Waals surface area (Å²) in [4.78, 5) is 12.1. The monoisotopic (exact) mass is 425 g/mol. The van der Waals surface area contributed by atoms with Gasteiger partial charge in [0.15, 0.2) is 6.04 Å². The summed E-state index contributed by atoms with van der Waals surface area (Å²) >= 11 is 0. The molecule has 1 aliphatic rings. The van der Waals surface area contributed by atoms with Gasteiger partial charge >= 0.3 is 5.97 Å². The number of nitrogens with two attached hydrogens (primary N) is 1. The molecule has 166 valence electrons. The lowest BCUT2D eigenvalue weighted by atomic mass is 9.90. The zero-order valence-corrected chi connectivity index (χ0v) is 17.9. The van der Waals surface area contributed by atoms with E-state index in [2.05, 4.69) is 5.32 Å². The highest BCUT2D eigenvalue weighted by Crippen LogP contribution is 2.31. The van der Waals surface area contributed by atoms with Crippen molar-refractivity contribution in [2.45, 2.75) is 45.1 Å². The van der Waals surface area contributed by atoms with E-state index in [1.807, 2.05) is 13.0 Å². The van der Waals surface area contributed by atoms with Gasteiger partial charge in [-0.2, -0.15) is 0 Å². The van der Waals surface area contributed by atoms with Crippen molar-refractivity contribution in [3.8, 4) is 11.5 Å². The molecule has 0 amide bonds. The Bertz CT molecular complexity index is 892. The van der Waals surface area contributed by atoms with Crippen molar-refractivity contribution in [1.29, 1.82) is 5.41 Å². The number of rotatable bonds is 10. The maximum Gasteiger partial charge on any atom is 0.330 e. The largest absolute Gasteiger partial charge is 0.494 e. The first-order valence-corrected chi connectivity index (χ1v) is 10.8. The molecule has 0 aromatic heterocycles. The van der Waals surface area contributed by atoms with Crippen LogP contribution in [0, 0.1) is 11.3 Å². The Balaban J connectivity index is 1.80. The molecule has 0 heterocycles. The Kier molecular flexibility index (Phi) is 7.76. The molecule has 1 aliphatic carbocycles. The Labute approximate surface area is 183 Å². The third-order valence-corrected chi connectivity index (χ3v) is 5.51. The predicted octanol–water partition coefficient (Wildman–Crippen LogP) is 4.57. The van der Waals surface area contributed by atoms with Crippen molar-refractivity contribution in [2.75, 3.05) is 18.5 Å². The van der Waals surface area contributed by atoms with E-state index in [9.17, 15) is 9.90 Å². The van der Waals surface area contributed by atoms with Gasteiger partial charge in [-0.15, -0.1) is 0 Å². The maximum atomic E-state index is 12.1. The molecular weight excluding hydrogens is 394 g/mol. The summed E-state index contributed by atoms with van der Waals surface area (Å²) in [6.45, 7) is 2.99. The lowest BCUT2D eigenvalue weighted by molar-refractivity contribution is -0.138. The van der Waals surface area contributed by atoms with Crippen LogP contribution in [-0.2, 0) is 4.79 Å². The Morgan fingerprint density at radius 3 is 2.35 bits per heavy atom. The molecule has 0 bridgehead atoms. The van der Waals surface area contributed by atoms with Gasteiger partial charge in [0.05, 0.1) is 13.2 Å². The second kappa shape index (κ2) is 10.7. The average Bonchev–Trinajstić information content (AvgIpc) is 2.77. The van der Waals surface area contributed by atoms with E-state index < -0.39 is 12.0 Å². The van der Waals surface area contributed by atoms with E-state index in [1.165, 1.54) is 32.1 Å². The molecule has 0 radical (unpaired) electrons. The number of hydrogen-bond acceptors (Lipinski definition) is 5. The van der Waals surface area contributed by atoms with E-state index in [0.717, 1.165) is 0 Å². The smallest absolute Gasteiger partial charge is 0.330 e. The van der Waals surface area contributed by atoms with Crippen LogP contribution in [0.15, 0.2) is 42.5 Å². The number of carbonyl (C=O) groups is 1. The predicted molar refractivity (Wildman–Crippen MR) is 121 cm³/mol. The van der Waals surface area contributed by atoms with Crippen LogP contribution < -0.4 is 20.5 Å². The molecule has 0 unspecified atom stereocenters. The number of amidine groups is 1. The van der Waals surface area contributed by atoms with Crippen LogP contribution in [0.2, 0.25) is 0 Å². The van der Waals surface area contributed by atoms with Gasteiger partial charge in [0, 0.05) is 17.3 Å². The van der Waals surface area contributed by atoms with Gasteiger partial charge in [-0.3, -0.25) is 5.41 Å². The fraction of sp³-hybridized carbons (Fsp3) is 0.417. The second-order valence-corrected chi connectivity index (χ2v) is 7.89. The lowest BCUT2D eigenvalue weighted by Crippen LogP contribution is -2.21. The van der Waals surface area contributed by atoms with Crippen LogP contribution in [0.5, 0.6) is 11.5 Å². The summed E-state index contributed by atoms with van der Waals surface area (Å²) in [5, 5.41) is 20.4. The summed E-state index contributed by atoms with van der Waals surface area (Å²) in [5.41, 5.74) is 7.23. The number of nitrogen functional groups attached to an aromatic ring is 1. The molecule has 1 saturated carbocycles. The van der Waals surface area contributed by atoms with E-state index in [0.29, 0.717) is 47.4 Å². The van der Waals surface area contributed by atoms with Crippen LogP contribution in [0.25, 0.3) is 0 Å². The van der Waals surface area contributed by atoms with Gasteiger partial charge in [-0.05, 0) is 67.6 Å². The van der Waals surface area contributed by atoms with Gasteiger partial charge in [-0.25, -0.2) is 4.79 Å². The average molecular weight is 426 g/mol. The SMILES string of the molecule is CCOc1cc(OCC2CCCCC2)cc([C@@H](Nc2ccc(C(=N)N)cc2)C(=O)O)c1. The van der Waals surface area contributed by atoms with Gasteiger partial charge < -0.3 is 25.6 Å². The first-order chi connectivity index (χ1) is 15.0. The Morgan fingerprint density at radius 1 is 1.13 bits per heavy atom. The topological polar surface area (TPSA) is 118 Å². The number of ether oxygens (including phenoxy) is 2. The highest BCUT2D eigenvalue weighted by molar-refractivity contribution is 5.95. The lowest BCUT2D eigenvalue weighted by Gasteiger charge is -2.23. The minimum atomic E-state index is -1.01. The number of nitrogens with one attached hydrogen (secondary N) is 2. The van der Waals surface area contributed by atoms with E-state index in [4.69, 9.17) is 20.6 Å². The fourth-order valence-electron chi connectivity index (χ4n) is 3.86. The van der Waals surface area contributed by atoms with Crippen molar-refractivity contribution in [1.82, 2.24) is 0 Å². The molecule has 2 aromatic rings. The Morgan fingerprint density at radius 2 is 1.77 bits per heavy atom. The van der Waals surface area contributed by atoms with Gasteiger partial charge in [-0.1, -0.05) is 19.3 Å². The molecule has 2 aromatic carbocycles. The molecular formula is C24H31N3O4. The summed E-state index contributed by atoms with van der Waals surface area (Å²) in [5.74, 6) is 0.694. The maximum absolute atomic E-state index is 12.1. The van der Waals surface area contributed by atoms with E-state index in [1.54, 1.807) is 36.4 Å². The minimum absolute atomic E-state index is 0.0366. The van der Waals surface area contributed by atoms with Crippen molar-refractivity contribution in [2.24, 2.45) is 11.7 Å². The van der Waals surface area contributed by atoms with Crippen LogP contribution >= 0.6 is 0 Å². The first kappa shape index (κ1) is 22.5. The molecule has 0 aliphatic heterocycles. The van der Waals surface area contributed by atoms with E-state index in [-0.39, 0.29) is 5.84 Å². The van der Waals surface area contributed by atoms with Crippen LogP contribution in [0.4, 0.5) is 5.69 Å². The second-order valence-electron chi connectivity index (χ2n) is 7.89. The van der Waals surface area contributed by atoms with Crippen molar-refractivity contribution in [3.05, 3.63) is 53.6 Å². The molecule has 31 heavy (non-hydrogen) atoms. The number of hydrogen-bond donors (Lipinski definition) is 4. The fourth-order valence-corrected chi connectivity index (χ4v) is 3.86. The zero-order chi connectivity index (χ0) is 22.2. The number of carboxylic acids is 1. The molecule has 1 atom stereocenters. The van der Waals surface area contributed by atoms with Crippen molar-refractivity contribution < 1.29 is 19.4 Å². The summed E-state index contributed by atoms with van der Waals surface area (Å²) in [7, 11) is 0. The number of aliphatic carboxylic acids is 1. The zero-order valence-electron chi connectivity index (χ0n) is 17.9. The molecule has 0 saturated heterocycles. The normalized spacial score (nSPS) is 15.1. The van der Waals surface area contributed by atoms with Gasteiger partial charge in [0.2, 0.25) is 0 Å². The van der Waals surface area contributed by atoms with Crippen molar-refractivity contribution in [3.63, 3.8) is 0 Å². The molecule has 1 fully saturated rings. The summed E-state index contributed by atoms with van der Waals surface area (Å²) < 4.78 is 11.7. The third-order valence-electron chi connectivity index (χ3n) is 5.51. The molecule has 7 nitrogen and oxygen atoms in total. The van der Waals surface area contributed by atoms with Crippen LogP contribution in [0.1, 0.15) is 56.2 Å². The Hall–Kier alpha value is -3.22. The number of benzene rings is 2. The van der Waals surface area contributed by atoms with Crippen LogP contribution in [0.3, 0.4) is 0 Å². The molecule has 5 N–H and O–H groups in total. The van der Waals surface area contributed by atoms with Crippen molar-refractivity contribution >= 4 is 17.5 Å². The quantitative estimate of drug-likeness (QED) is 0.327. The molecule has 3 rings (SSSR count). The molecule has 7 heteroatoms. The highest BCUT2D eigenvalue weighted by Gasteiger charge is 2.22. The highest BCUT2D eigenvalue weighted by atomic mass is 16.5. The third kappa shape index (κ3) is 6.38. The van der Waals surface area contributed by atoms with E-state index >= 15 is 0 Å². The summed E-state index contributed by atoms with van der Waals surface area (Å²) in [6.07, 6.45) is 6.12. The number of anilines is 1. The first-order valence-electron chi connectivity index (χ1n) is 10.8. The van der Waals surface area contributed by atoms with Crippen LogP contribution in [-0.4, -0.2) is 30.1 Å². The number of carboxylic acid groups (broad SMARTS) is 1. The minimum Gasteiger partial charge on any atom is -0.494 e. The molecule has 0 spiro atoms. The summed E-state index contributed by atoms with van der Waals surface area (Å²) in [6, 6.07) is 11.1. The van der Waals surface area contributed by atoms with Gasteiger partial charge in [0.25, 0.3) is 0 Å². The van der Waals surface area contributed by atoms with Gasteiger partial charge in [0.1, 0.15) is 17.3 Å².